The molecule has 20 heavy (non-hydrogen) atoms. The first-order valence-electron chi connectivity index (χ1n) is 6.76. The first-order valence-corrected chi connectivity index (χ1v) is 7.30. The zero-order chi connectivity index (χ0) is 14.8. The summed E-state index contributed by atoms with van der Waals surface area (Å²) in [7, 11) is 0. The molecule has 1 aromatic carbocycles. The van der Waals surface area contributed by atoms with Gasteiger partial charge in [0.25, 0.3) is 0 Å². The van der Waals surface area contributed by atoms with Gasteiger partial charge in [0.1, 0.15) is 0 Å². The summed E-state index contributed by atoms with van der Waals surface area (Å²) in [6.07, 6.45) is 2.17. The molecular formula is C15H20ClNO3. The van der Waals surface area contributed by atoms with Crippen LogP contribution in [0, 0.1) is 0 Å². The lowest BCUT2D eigenvalue weighted by Crippen LogP contribution is -2.15. The number of halogens is 1. The Morgan fingerprint density at radius 2 is 2.00 bits per heavy atom. The fraction of sp³-hybridized carbons (Fsp3) is 0.467. The van der Waals surface area contributed by atoms with E-state index in [0.717, 1.165) is 18.4 Å². The van der Waals surface area contributed by atoms with E-state index in [1.54, 1.807) is 13.0 Å². The largest absolute Gasteiger partial charge is 0.466 e. The van der Waals surface area contributed by atoms with Gasteiger partial charge in [0.2, 0.25) is 5.91 Å². The van der Waals surface area contributed by atoms with E-state index in [-0.39, 0.29) is 18.3 Å². The summed E-state index contributed by atoms with van der Waals surface area (Å²) in [4.78, 5) is 23.3. The summed E-state index contributed by atoms with van der Waals surface area (Å²) in [5, 5.41) is 2.83. The Bertz CT molecular complexity index is 448. The number of carbonyl (C=O) groups is 2. The minimum atomic E-state index is -0.295. The van der Waals surface area contributed by atoms with E-state index in [0.29, 0.717) is 24.6 Å². The lowest BCUT2D eigenvalue weighted by atomic mass is 10.1. The molecule has 1 amide bonds. The van der Waals surface area contributed by atoms with Crippen molar-refractivity contribution in [2.45, 2.75) is 32.6 Å². The number of amides is 1. The van der Waals surface area contributed by atoms with Gasteiger partial charge < -0.3 is 10.1 Å². The second kappa shape index (κ2) is 9.37. The number of nitrogens with one attached hydrogen (secondary N) is 1. The Morgan fingerprint density at radius 3 is 2.70 bits per heavy atom. The van der Waals surface area contributed by atoms with E-state index >= 15 is 0 Å². The number of hydrogen-bond donors (Lipinski definition) is 1. The van der Waals surface area contributed by atoms with E-state index in [9.17, 15) is 9.59 Å². The zero-order valence-corrected chi connectivity index (χ0v) is 12.4. The summed E-state index contributed by atoms with van der Waals surface area (Å²) < 4.78 is 4.92. The van der Waals surface area contributed by atoms with E-state index in [4.69, 9.17) is 16.3 Å². The lowest BCUT2D eigenvalue weighted by Gasteiger charge is -2.10. The molecule has 0 aromatic heterocycles. The third-order valence-electron chi connectivity index (χ3n) is 2.72. The van der Waals surface area contributed by atoms with E-state index in [1.165, 1.54) is 0 Å². The Morgan fingerprint density at radius 1 is 1.25 bits per heavy atom. The molecule has 0 bridgehead atoms. The summed E-state index contributed by atoms with van der Waals surface area (Å²) in [6.45, 7) is 2.12. The normalized spacial score (nSPS) is 10.1. The average molecular weight is 298 g/mol. The molecular weight excluding hydrogens is 278 g/mol. The molecule has 1 N–H and O–H groups in total. The Kier molecular flexibility index (Phi) is 7.73. The van der Waals surface area contributed by atoms with Gasteiger partial charge in [-0.05, 0) is 31.4 Å². The highest BCUT2D eigenvalue weighted by Gasteiger charge is 2.10. The zero-order valence-electron chi connectivity index (χ0n) is 11.7. The number of unbranched alkanes of at least 4 members (excludes halogenated alkanes) is 1. The number of hydrogen-bond acceptors (Lipinski definition) is 3. The highest BCUT2D eigenvalue weighted by molar-refractivity contribution is 6.17. The maximum Gasteiger partial charge on any atom is 0.310 e. The molecule has 110 valence electrons. The first kappa shape index (κ1) is 16.5. The topological polar surface area (TPSA) is 55.4 Å². The summed E-state index contributed by atoms with van der Waals surface area (Å²) >= 11 is 5.57. The van der Waals surface area contributed by atoms with Gasteiger partial charge >= 0.3 is 5.97 Å². The molecule has 1 rings (SSSR count). The highest BCUT2D eigenvalue weighted by Crippen LogP contribution is 2.17. The molecule has 0 atom stereocenters. The SMILES string of the molecule is CCOC(=O)Cc1ccccc1NC(=O)CCCCCl. The predicted molar refractivity (Wildman–Crippen MR) is 80.0 cm³/mol. The third-order valence-corrected chi connectivity index (χ3v) is 2.99. The van der Waals surface area contributed by atoms with Crippen LogP contribution in [0.1, 0.15) is 31.7 Å². The molecule has 1 aromatic rings. The van der Waals surface area contributed by atoms with E-state index < -0.39 is 0 Å². The van der Waals surface area contributed by atoms with Crippen molar-refractivity contribution in [1.29, 1.82) is 0 Å². The van der Waals surface area contributed by atoms with Crippen LogP contribution in [0.15, 0.2) is 24.3 Å². The van der Waals surface area contributed by atoms with Crippen molar-refractivity contribution in [2.75, 3.05) is 17.8 Å². The van der Waals surface area contributed by atoms with Gasteiger partial charge in [-0.25, -0.2) is 0 Å². The van der Waals surface area contributed by atoms with Gasteiger partial charge in [-0.3, -0.25) is 9.59 Å². The number of alkyl halides is 1. The van der Waals surface area contributed by atoms with Crippen molar-refractivity contribution in [3.8, 4) is 0 Å². The molecule has 0 radical (unpaired) electrons. The summed E-state index contributed by atoms with van der Waals surface area (Å²) in [6, 6.07) is 7.25. The van der Waals surface area contributed by atoms with Crippen LogP contribution in [0.5, 0.6) is 0 Å². The van der Waals surface area contributed by atoms with Crippen molar-refractivity contribution < 1.29 is 14.3 Å². The van der Waals surface area contributed by atoms with Crippen molar-refractivity contribution in [3.05, 3.63) is 29.8 Å². The molecule has 0 saturated carbocycles. The Labute approximate surface area is 124 Å². The van der Waals surface area contributed by atoms with Crippen molar-refractivity contribution >= 4 is 29.2 Å². The molecule has 5 heteroatoms. The summed E-state index contributed by atoms with van der Waals surface area (Å²) in [5.41, 5.74) is 1.42. The number of anilines is 1. The van der Waals surface area contributed by atoms with E-state index in [2.05, 4.69) is 5.32 Å². The molecule has 4 nitrogen and oxygen atoms in total. The maximum atomic E-state index is 11.8. The number of para-hydroxylation sites is 1. The van der Waals surface area contributed by atoms with Crippen LogP contribution in [0.4, 0.5) is 5.69 Å². The molecule has 0 heterocycles. The second-order valence-corrected chi connectivity index (χ2v) is 4.71. The smallest absolute Gasteiger partial charge is 0.310 e. The van der Waals surface area contributed by atoms with Gasteiger partial charge in [-0.15, -0.1) is 11.6 Å². The van der Waals surface area contributed by atoms with Crippen LogP contribution in [-0.4, -0.2) is 24.4 Å². The van der Waals surface area contributed by atoms with E-state index in [1.807, 2.05) is 18.2 Å². The quantitative estimate of drug-likeness (QED) is 0.455. The molecule has 0 aliphatic heterocycles. The van der Waals surface area contributed by atoms with Gasteiger partial charge in [0.15, 0.2) is 0 Å². The molecule has 0 fully saturated rings. The minimum Gasteiger partial charge on any atom is -0.466 e. The minimum absolute atomic E-state index is 0.0635. The van der Waals surface area contributed by atoms with Gasteiger partial charge in [0, 0.05) is 18.0 Å². The maximum absolute atomic E-state index is 11.8. The van der Waals surface area contributed by atoms with Gasteiger partial charge in [0.05, 0.1) is 13.0 Å². The third kappa shape index (κ3) is 6.06. The van der Waals surface area contributed by atoms with Crippen molar-refractivity contribution in [3.63, 3.8) is 0 Å². The Hall–Kier alpha value is -1.55. The number of esters is 1. The van der Waals surface area contributed by atoms with Crippen LogP contribution in [0.25, 0.3) is 0 Å². The van der Waals surface area contributed by atoms with Crippen LogP contribution in [0.2, 0.25) is 0 Å². The first-order chi connectivity index (χ1) is 9.67. The summed E-state index contributed by atoms with van der Waals surface area (Å²) in [5.74, 6) is 0.204. The molecule has 0 aliphatic carbocycles. The van der Waals surface area contributed by atoms with Crippen molar-refractivity contribution in [1.82, 2.24) is 0 Å². The monoisotopic (exact) mass is 297 g/mol. The van der Waals surface area contributed by atoms with Crippen LogP contribution in [0.3, 0.4) is 0 Å². The molecule has 0 unspecified atom stereocenters. The van der Waals surface area contributed by atoms with Crippen LogP contribution in [-0.2, 0) is 20.7 Å². The fourth-order valence-corrected chi connectivity index (χ4v) is 1.95. The number of rotatable bonds is 8. The second-order valence-electron chi connectivity index (χ2n) is 4.33. The van der Waals surface area contributed by atoms with Crippen molar-refractivity contribution in [2.24, 2.45) is 0 Å². The van der Waals surface area contributed by atoms with Crippen LogP contribution < -0.4 is 5.32 Å². The number of benzene rings is 1. The number of carbonyl (C=O) groups excluding carboxylic acids is 2. The Balaban J connectivity index is 2.60. The molecule has 0 spiro atoms. The predicted octanol–water partition coefficient (Wildman–Crippen LogP) is 3.14. The van der Waals surface area contributed by atoms with Gasteiger partial charge in [-0.1, -0.05) is 18.2 Å². The lowest BCUT2D eigenvalue weighted by molar-refractivity contribution is -0.142. The number of ether oxygens (including phenoxy) is 1. The standard InChI is InChI=1S/C15H20ClNO3/c1-2-20-15(19)11-12-7-3-4-8-13(12)17-14(18)9-5-6-10-16/h3-4,7-8H,2,5-6,9-11H2,1H3,(H,17,18). The molecule has 0 saturated heterocycles. The van der Waals surface area contributed by atoms with Crippen LogP contribution >= 0.6 is 11.6 Å². The van der Waals surface area contributed by atoms with Gasteiger partial charge in [-0.2, -0.15) is 0 Å². The molecule has 0 aliphatic rings. The highest BCUT2D eigenvalue weighted by atomic mass is 35.5. The average Bonchev–Trinajstić information content (AvgIpc) is 2.41. The fourth-order valence-electron chi connectivity index (χ4n) is 1.76.